The molecule has 0 aromatic heterocycles. The van der Waals surface area contributed by atoms with E-state index in [1.807, 2.05) is 0 Å². The third kappa shape index (κ3) is 3.58. The summed E-state index contributed by atoms with van der Waals surface area (Å²) in [7, 11) is 1.62. The van der Waals surface area contributed by atoms with Gasteiger partial charge in [-0.15, -0.1) is 0 Å². The molecule has 2 rings (SSSR count). The van der Waals surface area contributed by atoms with Crippen LogP contribution in [-0.4, -0.2) is 19.3 Å². The molecule has 2 atom stereocenters. The second kappa shape index (κ2) is 6.22. The van der Waals surface area contributed by atoms with Crippen LogP contribution in [0.5, 0.6) is 0 Å². The highest BCUT2D eigenvalue weighted by molar-refractivity contribution is 6.33. The van der Waals surface area contributed by atoms with E-state index in [9.17, 15) is 13.2 Å². The van der Waals surface area contributed by atoms with Crippen LogP contribution in [-0.2, 0) is 10.9 Å². The van der Waals surface area contributed by atoms with Crippen LogP contribution < -0.4 is 5.32 Å². The van der Waals surface area contributed by atoms with E-state index in [2.05, 4.69) is 5.32 Å². The maximum Gasteiger partial charge on any atom is 0.416 e. The van der Waals surface area contributed by atoms with Crippen molar-refractivity contribution in [3.8, 4) is 0 Å². The van der Waals surface area contributed by atoms with E-state index < -0.39 is 11.7 Å². The number of hydrogen-bond donors (Lipinski definition) is 1. The van der Waals surface area contributed by atoms with E-state index in [1.54, 1.807) is 7.11 Å². The molecule has 0 spiro atoms. The molecular weight excluding hydrogens is 291 g/mol. The summed E-state index contributed by atoms with van der Waals surface area (Å²) >= 11 is 5.99. The van der Waals surface area contributed by atoms with Gasteiger partial charge in [-0.3, -0.25) is 0 Å². The molecule has 1 aromatic carbocycles. The molecule has 6 heteroatoms. The molecule has 112 valence electrons. The van der Waals surface area contributed by atoms with Gasteiger partial charge in [0, 0.05) is 7.11 Å². The normalized spacial score (nSPS) is 23.6. The second-order valence-corrected chi connectivity index (χ2v) is 5.41. The zero-order valence-corrected chi connectivity index (χ0v) is 11.9. The van der Waals surface area contributed by atoms with Crippen LogP contribution >= 0.6 is 11.6 Å². The third-order valence-electron chi connectivity index (χ3n) is 3.64. The largest absolute Gasteiger partial charge is 0.416 e. The maximum atomic E-state index is 12.7. The number of ether oxygens (including phenoxy) is 1. The van der Waals surface area contributed by atoms with Gasteiger partial charge in [-0.25, -0.2) is 0 Å². The molecule has 1 fully saturated rings. The predicted octanol–water partition coefficient (Wildman–Crippen LogP) is 4.73. The zero-order chi connectivity index (χ0) is 14.8. The Morgan fingerprint density at radius 3 is 2.60 bits per heavy atom. The number of benzene rings is 1. The molecular formula is C14H17ClF3NO. The van der Waals surface area contributed by atoms with Gasteiger partial charge in [0.15, 0.2) is 0 Å². The Bertz CT molecular complexity index is 464. The van der Waals surface area contributed by atoms with Crippen LogP contribution in [0.25, 0.3) is 0 Å². The van der Waals surface area contributed by atoms with Crippen molar-refractivity contribution in [3.05, 3.63) is 28.8 Å². The minimum absolute atomic E-state index is 0.00488. The fourth-order valence-corrected chi connectivity index (χ4v) is 2.73. The Kier molecular flexibility index (Phi) is 4.81. The molecule has 2 nitrogen and oxygen atoms in total. The first-order valence-electron chi connectivity index (χ1n) is 6.58. The van der Waals surface area contributed by atoms with Gasteiger partial charge in [-0.05, 0) is 31.0 Å². The number of hydrogen-bond acceptors (Lipinski definition) is 2. The molecule has 1 aliphatic carbocycles. The van der Waals surface area contributed by atoms with Crippen molar-refractivity contribution in [1.82, 2.24) is 0 Å². The van der Waals surface area contributed by atoms with E-state index in [-0.39, 0.29) is 12.1 Å². The SMILES string of the molecule is COC1CCCCC1Nc1cc(C(F)(F)F)ccc1Cl. The summed E-state index contributed by atoms with van der Waals surface area (Å²) in [6.07, 6.45) is -0.472. The molecule has 1 saturated carbocycles. The molecule has 0 aliphatic heterocycles. The predicted molar refractivity (Wildman–Crippen MR) is 73.1 cm³/mol. The van der Waals surface area contributed by atoms with Gasteiger partial charge < -0.3 is 10.1 Å². The van der Waals surface area contributed by atoms with Crippen molar-refractivity contribution in [2.75, 3.05) is 12.4 Å². The van der Waals surface area contributed by atoms with Gasteiger partial charge >= 0.3 is 6.18 Å². The molecule has 0 amide bonds. The van der Waals surface area contributed by atoms with Crippen LogP contribution in [0.4, 0.5) is 18.9 Å². The average molecular weight is 308 g/mol. The van der Waals surface area contributed by atoms with Crippen LogP contribution in [0, 0.1) is 0 Å². The summed E-state index contributed by atoms with van der Waals surface area (Å²) in [5.41, 5.74) is -0.385. The zero-order valence-electron chi connectivity index (χ0n) is 11.1. The van der Waals surface area contributed by atoms with Gasteiger partial charge in [-0.2, -0.15) is 13.2 Å². The van der Waals surface area contributed by atoms with Gasteiger partial charge in [-0.1, -0.05) is 24.4 Å². The van der Waals surface area contributed by atoms with Crippen molar-refractivity contribution in [1.29, 1.82) is 0 Å². The van der Waals surface area contributed by atoms with Crippen LogP contribution in [0.1, 0.15) is 31.2 Å². The van der Waals surface area contributed by atoms with E-state index in [0.29, 0.717) is 10.7 Å². The van der Waals surface area contributed by atoms with E-state index in [4.69, 9.17) is 16.3 Å². The first kappa shape index (κ1) is 15.4. The lowest BCUT2D eigenvalue weighted by molar-refractivity contribution is -0.137. The number of anilines is 1. The Hall–Kier alpha value is -0.940. The minimum Gasteiger partial charge on any atom is -0.379 e. The fourth-order valence-electron chi connectivity index (χ4n) is 2.56. The summed E-state index contributed by atoms with van der Waals surface area (Å²) < 4.78 is 43.6. The smallest absolute Gasteiger partial charge is 0.379 e. The Morgan fingerprint density at radius 1 is 1.25 bits per heavy atom. The lowest BCUT2D eigenvalue weighted by Crippen LogP contribution is -2.37. The van der Waals surface area contributed by atoms with Gasteiger partial charge in [0.25, 0.3) is 0 Å². The monoisotopic (exact) mass is 307 g/mol. The van der Waals surface area contributed by atoms with E-state index in [0.717, 1.165) is 37.8 Å². The van der Waals surface area contributed by atoms with E-state index in [1.165, 1.54) is 6.07 Å². The lowest BCUT2D eigenvalue weighted by atomic mass is 9.92. The number of nitrogens with one attached hydrogen (secondary N) is 1. The average Bonchev–Trinajstić information content (AvgIpc) is 2.40. The maximum absolute atomic E-state index is 12.7. The standard InChI is InChI=1S/C14H17ClF3NO/c1-20-13-5-3-2-4-11(13)19-12-8-9(14(16,17)18)6-7-10(12)15/h6-8,11,13,19H,2-5H2,1H3. The topological polar surface area (TPSA) is 21.3 Å². The summed E-state index contributed by atoms with van der Waals surface area (Å²) in [4.78, 5) is 0. The molecule has 0 radical (unpaired) electrons. The van der Waals surface area contributed by atoms with Crippen molar-refractivity contribution >= 4 is 17.3 Å². The van der Waals surface area contributed by atoms with Crippen molar-refractivity contribution in [2.24, 2.45) is 0 Å². The highest BCUT2D eigenvalue weighted by Crippen LogP contribution is 2.35. The third-order valence-corrected chi connectivity index (χ3v) is 3.97. The molecule has 0 bridgehead atoms. The molecule has 20 heavy (non-hydrogen) atoms. The quantitative estimate of drug-likeness (QED) is 0.871. The Morgan fingerprint density at radius 2 is 1.95 bits per heavy atom. The highest BCUT2D eigenvalue weighted by atomic mass is 35.5. The van der Waals surface area contributed by atoms with E-state index >= 15 is 0 Å². The molecule has 1 N–H and O–H groups in total. The fraction of sp³-hybridized carbons (Fsp3) is 0.571. The number of halogens is 4. The molecule has 2 unspecified atom stereocenters. The lowest BCUT2D eigenvalue weighted by Gasteiger charge is -2.32. The summed E-state index contributed by atoms with van der Waals surface area (Å²) in [5.74, 6) is 0. The molecule has 1 aliphatic rings. The Labute approximate surface area is 121 Å². The van der Waals surface area contributed by atoms with Crippen LogP contribution in [0.15, 0.2) is 18.2 Å². The van der Waals surface area contributed by atoms with Crippen molar-refractivity contribution in [3.63, 3.8) is 0 Å². The van der Waals surface area contributed by atoms with Crippen molar-refractivity contribution in [2.45, 2.75) is 44.0 Å². The first-order valence-corrected chi connectivity index (χ1v) is 6.95. The van der Waals surface area contributed by atoms with Crippen molar-refractivity contribution < 1.29 is 17.9 Å². The van der Waals surface area contributed by atoms with Gasteiger partial charge in [0.05, 0.1) is 28.4 Å². The molecule has 1 aromatic rings. The van der Waals surface area contributed by atoms with Crippen LogP contribution in [0.3, 0.4) is 0 Å². The van der Waals surface area contributed by atoms with Crippen LogP contribution in [0.2, 0.25) is 5.02 Å². The summed E-state index contributed by atoms with van der Waals surface area (Å²) in [5, 5.41) is 3.40. The summed E-state index contributed by atoms with van der Waals surface area (Å²) in [6, 6.07) is 3.32. The molecule has 0 heterocycles. The van der Waals surface area contributed by atoms with Gasteiger partial charge in [0.2, 0.25) is 0 Å². The first-order chi connectivity index (χ1) is 9.41. The minimum atomic E-state index is -4.37. The Balaban J connectivity index is 2.19. The summed E-state index contributed by atoms with van der Waals surface area (Å²) in [6.45, 7) is 0. The number of alkyl halides is 3. The second-order valence-electron chi connectivity index (χ2n) is 5.00. The number of methoxy groups -OCH3 is 1. The number of rotatable bonds is 3. The van der Waals surface area contributed by atoms with Gasteiger partial charge in [0.1, 0.15) is 0 Å². The molecule has 0 saturated heterocycles. The highest BCUT2D eigenvalue weighted by Gasteiger charge is 2.32.